The summed E-state index contributed by atoms with van der Waals surface area (Å²) in [5.41, 5.74) is 7.75. The first kappa shape index (κ1) is 14.6. The van der Waals surface area contributed by atoms with Gasteiger partial charge in [0.25, 0.3) is 0 Å². The fourth-order valence-corrected chi connectivity index (χ4v) is 3.73. The van der Waals surface area contributed by atoms with Gasteiger partial charge >= 0.3 is 0 Å². The van der Waals surface area contributed by atoms with E-state index in [9.17, 15) is 0 Å². The van der Waals surface area contributed by atoms with Crippen LogP contribution in [0.15, 0.2) is 45.8 Å². The third kappa shape index (κ3) is 3.66. The van der Waals surface area contributed by atoms with Gasteiger partial charge in [-0.15, -0.1) is 11.8 Å². The Kier molecular flexibility index (Phi) is 4.60. The third-order valence-electron chi connectivity index (χ3n) is 3.19. The molecule has 2 aromatic rings. The van der Waals surface area contributed by atoms with E-state index >= 15 is 0 Å². The molecule has 0 saturated heterocycles. The molecule has 5 heteroatoms. The summed E-state index contributed by atoms with van der Waals surface area (Å²) in [5, 5.41) is 0. The van der Waals surface area contributed by atoms with Crippen molar-refractivity contribution in [3.05, 3.63) is 46.4 Å². The van der Waals surface area contributed by atoms with Crippen molar-refractivity contribution in [1.29, 1.82) is 0 Å². The quantitative estimate of drug-likeness (QED) is 0.642. The van der Waals surface area contributed by atoms with Crippen LogP contribution in [0.1, 0.15) is 12.0 Å². The van der Waals surface area contributed by atoms with Crippen LogP contribution in [0.4, 0.5) is 5.69 Å². The van der Waals surface area contributed by atoms with Gasteiger partial charge < -0.3 is 15.2 Å². The van der Waals surface area contributed by atoms with Gasteiger partial charge in [0.15, 0.2) is 11.5 Å². The van der Waals surface area contributed by atoms with E-state index in [-0.39, 0.29) is 0 Å². The molecule has 2 aromatic carbocycles. The molecule has 0 aromatic heterocycles. The molecule has 3 rings (SSSR count). The van der Waals surface area contributed by atoms with Crippen LogP contribution in [0.2, 0.25) is 0 Å². The molecule has 110 valence electrons. The van der Waals surface area contributed by atoms with Crippen LogP contribution in [-0.2, 0) is 5.75 Å². The zero-order chi connectivity index (χ0) is 14.7. The first-order valence-corrected chi connectivity index (χ1v) is 8.56. The summed E-state index contributed by atoms with van der Waals surface area (Å²) in [6, 6.07) is 12.0. The van der Waals surface area contributed by atoms with Crippen LogP contribution >= 0.6 is 27.7 Å². The summed E-state index contributed by atoms with van der Waals surface area (Å²) < 4.78 is 12.4. The Morgan fingerprint density at radius 2 is 1.86 bits per heavy atom. The van der Waals surface area contributed by atoms with Gasteiger partial charge in [-0.1, -0.05) is 22.0 Å². The smallest absolute Gasteiger partial charge is 0.162 e. The highest BCUT2D eigenvalue weighted by atomic mass is 79.9. The summed E-state index contributed by atoms with van der Waals surface area (Å²) in [6.07, 6.45) is 0.926. The van der Waals surface area contributed by atoms with E-state index in [0.29, 0.717) is 6.61 Å². The molecule has 21 heavy (non-hydrogen) atoms. The van der Waals surface area contributed by atoms with Crippen LogP contribution in [0.3, 0.4) is 0 Å². The Morgan fingerprint density at radius 3 is 2.67 bits per heavy atom. The number of fused-ring (bicyclic) bond motifs is 1. The summed E-state index contributed by atoms with van der Waals surface area (Å²) >= 11 is 5.32. The summed E-state index contributed by atoms with van der Waals surface area (Å²) in [7, 11) is 0. The molecule has 0 bridgehead atoms. The van der Waals surface area contributed by atoms with Crippen LogP contribution in [0.25, 0.3) is 0 Å². The van der Waals surface area contributed by atoms with Gasteiger partial charge in [0.1, 0.15) is 0 Å². The number of nitrogen functional groups attached to an aromatic ring is 1. The van der Waals surface area contributed by atoms with Crippen LogP contribution in [0, 0.1) is 0 Å². The summed E-state index contributed by atoms with van der Waals surface area (Å²) in [5.74, 6) is 2.56. The number of benzene rings is 2. The highest BCUT2D eigenvalue weighted by Gasteiger charge is 2.11. The van der Waals surface area contributed by atoms with Crippen LogP contribution in [-0.4, -0.2) is 13.2 Å². The molecule has 2 N–H and O–H groups in total. The minimum atomic E-state index is 0.713. The molecule has 0 aliphatic carbocycles. The number of hydrogen-bond acceptors (Lipinski definition) is 4. The van der Waals surface area contributed by atoms with E-state index in [2.05, 4.69) is 34.1 Å². The number of thioether (sulfide) groups is 1. The van der Waals surface area contributed by atoms with Crippen molar-refractivity contribution >= 4 is 33.4 Å². The maximum absolute atomic E-state index is 5.76. The lowest BCUT2D eigenvalue weighted by molar-refractivity contribution is 0.297. The zero-order valence-corrected chi connectivity index (χ0v) is 13.9. The van der Waals surface area contributed by atoms with E-state index in [1.807, 2.05) is 18.2 Å². The Bertz CT molecular complexity index is 648. The number of halogens is 1. The maximum Gasteiger partial charge on any atom is 0.162 e. The summed E-state index contributed by atoms with van der Waals surface area (Å²) in [6.45, 7) is 1.43. The van der Waals surface area contributed by atoms with Crippen molar-refractivity contribution in [1.82, 2.24) is 0 Å². The second kappa shape index (κ2) is 6.62. The Morgan fingerprint density at radius 1 is 1.05 bits per heavy atom. The fourth-order valence-electron chi connectivity index (χ4n) is 2.08. The molecule has 0 fully saturated rings. The lowest BCUT2D eigenvalue weighted by Gasteiger charge is -2.10. The normalized spacial score (nSPS) is 13.8. The second-order valence-corrected chi connectivity index (χ2v) is 6.70. The van der Waals surface area contributed by atoms with Crippen molar-refractivity contribution in [3.8, 4) is 11.5 Å². The van der Waals surface area contributed by atoms with Crippen LogP contribution in [0.5, 0.6) is 11.5 Å². The standard InChI is InChI=1S/C16H16BrNO2S/c17-14-8-12(18)3-2-11(14)10-21-13-4-5-15-16(9-13)20-7-1-6-19-15/h2-5,8-9H,1,6-7,10,18H2. The first-order valence-electron chi connectivity index (χ1n) is 6.79. The average molecular weight is 366 g/mol. The second-order valence-electron chi connectivity index (χ2n) is 4.80. The van der Waals surface area contributed by atoms with Crippen molar-refractivity contribution in [3.63, 3.8) is 0 Å². The predicted molar refractivity (Wildman–Crippen MR) is 90.2 cm³/mol. The van der Waals surface area contributed by atoms with E-state index < -0.39 is 0 Å². The largest absolute Gasteiger partial charge is 0.490 e. The Balaban J connectivity index is 1.72. The molecule has 0 spiro atoms. The van der Waals surface area contributed by atoms with Crippen molar-refractivity contribution in [2.24, 2.45) is 0 Å². The molecule has 0 radical (unpaired) electrons. The van der Waals surface area contributed by atoms with Gasteiger partial charge in [-0.05, 0) is 35.9 Å². The molecule has 3 nitrogen and oxygen atoms in total. The number of rotatable bonds is 3. The van der Waals surface area contributed by atoms with Crippen molar-refractivity contribution < 1.29 is 9.47 Å². The summed E-state index contributed by atoms with van der Waals surface area (Å²) in [4.78, 5) is 1.17. The number of hydrogen-bond donors (Lipinski definition) is 1. The highest BCUT2D eigenvalue weighted by molar-refractivity contribution is 9.10. The van der Waals surface area contributed by atoms with Crippen molar-refractivity contribution in [2.45, 2.75) is 17.1 Å². The first-order chi connectivity index (χ1) is 10.2. The Labute approximate surface area is 137 Å². The third-order valence-corrected chi connectivity index (χ3v) is 4.97. The van der Waals surface area contributed by atoms with Gasteiger partial charge in [0.2, 0.25) is 0 Å². The molecule has 0 saturated carbocycles. The van der Waals surface area contributed by atoms with Gasteiger partial charge in [0, 0.05) is 27.2 Å². The molecule has 0 unspecified atom stereocenters. The molecule has 0 atom stereocenters. The highest BCUT2D eigenvalue weighted by Crippen LogP contribution is 2.35. The van der Waals surface area contributed by atoms with Gasteiger partial charge in [0.05, 0.1) is 13.2 Å². The lowest BCUT2D eigenvalue weighted by Crippen LogP contribution is -1.97. The zero-order valence-electron chi connectivity index (χ0n) is 11.5. The molecule has 1 aliphatic heterocycles. The molecule has 1 aliphatic rings. The SMILES string of the molecule is Nc1ccc(CSc2ccc3c(c2)OCCCO3)c(Br)c1. The minimum Gasteiger partial charge on any atom is -0.490 e. The van der Waals surface area contributed by atoms with Gasteiger partial charge in [-0.25, -0.2) is 0 Å². The fraction of sp³-hybridized carbons (Fsp3) is 0.250. The lowest BCUT2D eigenvalue weighted by atomic mass is 10.2. The number of nitrogens with two attached hydrogens (primary N) is 1. The van der Waals surface area contributed by atoms with E-state index in [1.54, 1.807) is 11.8 Å². The molecular weight excluding hydrogens is 350 g/mol. The van der Waals surface area contributed by atoms with Crippen molar-refractivity contribution in [2.75, 3.05) is 18.9 Å². The number of ether oxygens (including phenoxy) is 2. The Hall–Kier alpha value is -1.33. The molecule has 1 heterocycles. The van der Waals surface area contributed by atoms with Crippen LogP contribution < -0.4 is 15.2 Å². The maximum atomic E-state index is 5.76. The van der Waals surface area contributed by atoms with Gasteiger partial charge in [-0.2, -0.15) is 0 Å². The van der Waals surface area contributed by atoms with Gasteiger partial charge in [-0.3, -0.25) is 0 Å². The number of anilines is 1. The average Bonchev–Trinajstić information content (AvgIpc) is 2.71. The van der Waals surface area contributed by atoms with E-state index in [1.165, 1.54) is 10.5 Å². The van der Waals surface area contributed by atoms with E-state index in [4.69, 9.17) is 15.2 Å². The molecular formula is C16H16BrNO2S. The molecule has 0 amide bonds. The topological polar surface area (TPSA) is 44.5 Å². The minimum absolute atomic E-state index is 0.713. The predicted octanol–water partition coefficient (Wildman–Crippen LogP) is 4.48. The van der Waals surface area contributed by atoms with E-state index in [0.717, 1.165) is 40.4 Å². The monoisotopic (exact) mass is 365 g/mol.